The third-order valence-corrected chi connectivity index (χ3v) is 2.75. The Balaban J connectivity index is 1.81. The second-order valence-corrected chi connectivity index (χ2v) is 4.39. The maximum absolute atomic E-state index is 11.7. The lowest BCUT2D eigenvalue weighted by Gasteiger charge is -2.14. The van der Waals surface area contributed by atoms with Crippen LogP contribution in [-0.4, -0.2) is 11.2 Å². The summed E-state index contributed by atoms with van der Waals surface area (Å²) >= 11 is 0. The van der Waals surface area contributed by atoms with E-state index >= 15 is 0 Å². The molecule has 0 aliphatic rings. The predicted molar refractivity (Wildman–Crippen MR) is 71.5 cm³/mol. The monoisotopic (exact) mass is 259 g/mol. The van der Waals surface area contributed by atoms with Crippen LogP contribution in [0, 0.1) is 6.92 Å². The van der Waals surface area contributed by atoms with Crippen molar-refractivity contribution >= 4 is 6.03 Å². The number of carbonyl (C=O) groups is 1. The first-order chi connectivity index (χ1) is 9.15. The second-order valence-electron chi connectivity index (χ2n) is 4.39. The highest BCUT2D eigenvalue weighted by Crippen LogP contribution is 2.10. The smallest absolute Gasteiger partial charge is 0.315 e. The number of aryl methyl sites for hydroxylation is 1. The van der Waals surface area contributed by atoms with Crippen molar-refractivity contribution in [3.8, 4) is 0 Å². The number of hydrogen-bond donors (Lipinski definition) is 2. The van der Waals surface area contributed by atoms with E-state index in [1.165, 1.54) is 0 Å². The van der Waals surface area contributed by atoms with Gasteiger partial charge in [-0.05, 0) is 19.4 Å². The first kappa shape index (κ1) is 13.1. The normalized spacial score (nSPS) is 11.9. The lowest BCUT2D eigenvalue weighted by Crippen LogP contribution is -2.36. The summed E-state index contributed by atoms with van der Waals surface area (Å²) in [6, 6.07) is 11.3. The van der Waals surface area contributed by atoms with Gasteiger partial charge in [-0.1, -0.05) is 35.5 Å². The van der Waals surface area contributed by atoms with Crippen LogP contribution in [0.15, 0.2) is 40.9 Å². The van der Waals surface area contributed by atoms with Crippen molar-refractivity contribution in [3.05, 3.63) is 53.4 Å². The maximum Gasteiger partial charge on any atom is 0.315 e. The molecule has 2 amide bonds. The first-order valence-electron chi connectivity index (χ1n) is 6.16. The zero-order chi connectivity index (χ0) is 13.7. The Kier molecular flexibility index (Phi) is 4.18. The van der Waals surface area contributed by atoms with Crippen LogP contribution < -0.4 is 10.6 Å². The number of amides is 2. The summed E-state index contributed by atoms with van der Waals surface area (Å²) in [7, 11) is 0. The second kappa shape index (κ2) is 6.04. The van der Waals surface area contributed by atoms with E-state index in [1.807, 2.05) is 44.2 Å². The van der Waals surface area contributed by atoms with Gasteiger partial charge >= 0.3 is 6.03 Å². The van der Waals surface area contributed by atoms with Gasteiger partial charge in [-0.25, -0.2) is 4.79 Å². The third-order valence-electron chi connectivity index (χ3n) is 2.75. The SMILES string of the molecule is Cc1cc(CNC(=O)N[C@H](C)c2ccccc2)no1. The summed E-state index contributed by atoms with van der Waals surface area (Å²) in [5, 5.41) is 9.41. The summed E-state index contributed by atoms with van der Waals surface area (Å²) in [5.74, 6) is 0.731. The number of hydrogen-bond acceptors (Lipinski definition) is 3. The minimum Gasteiger partial charge on any atom is -0.361 e. The van der Waals surface area contributed by atoms with Gasteiger partial charge in [-0.15, -0.1) is 0 Å². The molecule has 2 aromatic rings. The highest BCUT2D eigenvalue weighted by molar-refractivity contribution is 5.74. The molecule has 0 radical (unpaired) electrons. The molecule has 0 fully saturated rings. The Morgan fingerprint density at radius 3 is 2.74 bits per heavy atom. The molecule has 19 heavy (non-hydrogen) atoms. The van der Waals surface area contributed by atoms with E-state index in [1.54, 1.807) is 6.07 Å². The van der Waals surface area contributed by atoms with E-state index < -0.39 is 0 Å². The highest BCUT2D eigenvalue weighted by Gasteiger charge is 2.09. The van der Waals surface area contributed by atoms with E-state index in [0.29, 0.717) is 12.2 Å². The lowest BCUT2D eigenvalue weighted by atomic mass is 10.1. The predicted octanol–water partition coefficient (Wildman–Crippen LogP) is 2.54. The van der Waals surface area contributed by atoms with Crippen LogP contribution in [0.4, 0.5) is 4.79 Å². The minimum atomic E-state index is -0.225. The molecule has 1 aromatic heterocycles. The van der Waals surface area contributed by atoms with E-state index in [9.17, 15) is 4.79 Å². The van der Waals surface area contributed by atoms with Crippen molar-refractivity contribution in [2.75, 3.05) is 0 Å². The van der Waals surface area contributed by atoms with Crippen LogP contribution in [0.2, 0.25) is 0 Å². The summed E-state index contributed by atoms with van der Waals surface area (Å²) < 4.78 is 4.93. The molecule has 0 bridgehead atoms. The van der Waals surface area contributed by atoms with Gasteiger partial charge in [0.2, 0.25) is 0 Å². The van der Waals surface area contributed by atoms with E-state index in [2.05, 4.69) is 15.8 Å². The summed E-state index contributed by atoms with van der Waals surface area (Å²) in [6.07, 6.45) is 0. The van der Waals surface area contributed by atoms with Crippen molar-refractivity contribution in [2.24, 2.45) is 0 Å². The van der Waals surface area contributed by atoms with Gasteiger partial charge < -0.3 is 15.2 Å². The zero-order valence-electron chi connectivity index (χ0n) is 11.0. The quantitative estimate of drug-likeness (QED) is 0.886. The van der Waals surface area contributed by atoms with Crippen LogP contribution in [0.3, 0.4) is 0 Å². The molecular formula is C14H17N3O2. The number of nitrogens with zero attached hydrogens (tertiary/aromatic N) is 1. The van der Waals surface area contributed by atoms with Gasteiger partial charge in [-0.2, -0.15) is 0 Å². The van der Waals surface area contributed by atoms with Crippen LogP contribution >= 0.6 is 0 Å². The Bertz CT molecular complexity index is 537. The largest absolute Gasteiger partial charge is 0.361 e. The van der Waals surface area contributed by atoms with Gasteiger partial charge in [0.15, 0.2) is 0 Å². The summed E-state index contributed by atoms with van der Waals surface area (Å²) in [4.78, 5) is 11.7. The van der Waals surface area contributed by atoms with Crippen molar-refractivity contribution in [2.45, 2.75) is 26.4 Å². The van der Waals surface area contributed by atoms with E-state index in [4.69, 9.17) is 4.52 Å². The topological polar surface area (TPSA) is 67.2 Å². The molecular weight excluding hydrogens is 242 g/mol. The average Bonchev–Trinajstić information content (AvgIpc) is 2.83. The fourth-order valence-electron chi connectivity index (χ4n) is 1.74. The third kappa shape index (κ3) is 3.84. The van der Waals surface area contributed by atoms with E-state index in [-0.39, 0.29) is 12.1 Å². The molecule has 0 saturated carbocycles. The Morgan fingerprint density at radius 2 is 2.11 bits per heavy atom. The molecule has 0 unspecified atom stereocenters. The molecule has 5 heteroatoms. The molecule has 0 aliphatic heterocycles. The van der Waals surface area contributed by atoms with Gasteiger partial charge in [-0.3, -0.25) is 0 Å². The molecule has 0 saturated heterocycles. The summed E-state index contributed by atoms with van der Waals surface area (Å²) in [5.41, 5.74) is 1.77. The minimum absolute atomic E-state index is 0.0414. The molecule has 0 spiro atoms. The Labute approximate surface area is 112 Å². The number of nitrogens with one attached hydrogen (secondary N) is 2. The lowest BCUT2D eigenvalue weighted by molar-refractivity contribution is 0.237. The average molecular weight is 259 g/mol. The fraction of sp³-hybridized carbons (Fsp3) is 0.286. The first-order valence-corrected chi connectivity index (χ1v) is 6.16. The van der Waals surface area contributed by atoms with Crippen LogP contribution in [-0.2, 0) is 6.54 Å². The van der Waals surface area contributed by atoms with Crippen molar-refractivity contribution in [1.82, 2.24) is 15.8 Å². The number of carbonyl (C=O) groups excluding carboxylic acids is 1. The molecule has 2 rings (SSSR count). The summed E-state index contributed by atoms with van der Waals surface area (Å²) in [6.45, 7) is 4.11. The molecule has 5 nitrogen and oxygen atoms in total. The van der Waals surface area contributed by atoms with Crippen LogP contribution in [0.5, 0.6) is 0 Å². The Hall–Kier alpha value is -2.30. The van der Waals surface area contributed by atoms with Crippen molar-refractivity contribution in [1.29, 1.82) is 0 Å². The van der Waals surface area contributed by atoms with Gasteiger partial charge in [0, 0.05) is 6.07 Å². The Morgan fingerprint density at radius 1 is 1.37 bits per heavy atom. The molecule has 100 valence electrons. The molecule has 1 heterocycles. The number of rotatable bonds is 4. The van der Waals surface area contributed by atoms with Crippen molar-refractivity contribution in [3.63, 3.8) is 0 Å². The number of aromatic nitrogens is 1. The van der Waals surface area contributed by atoms with Crippen LogP contribution in [0.25, 0.3) is 0 Å². The molecule has 0 aliphatic carbocycles. The molecule has 2 N–H and O–H groups in total. The maximum atomic E-state index is 11.7. The van der Waals surface area contributed by atoms with Crippen molar-refractivity contribution < 1.29 is 9.32 Å². The van der Waals surface area contributed by atoms with Gasteiger partial charge in [0.05, 0.1) is 12.6 Å². The zero-order valence-corrected chi connectivity index (χ0v) is 11.0. The number of urea groups is 1. The number of benzene rings is 1. The molecule has 1 aromatic carbocycles. The fourth-order valence-corrected chi connectivity index (χ4v) is 1.74. The standard InChI is InChI=1S/C14H17N3O2/c1-10-8-13(17-19-10)9-15-14(18)16-11(2)12-6-4-3-5-7-12/h3-8,11H,9H2,1-2H3,(H2,15,16,18)/t11-/m1/s1. The van der Waals surface area contributed by atoms with Gasteiger partial charge in [0.1, 0.15) is 11.5 Å². The van der Waals surface area contributed by atoms with Crippen LogP contribution in [0.1, 0.15) is 30.0 Å². The molecule has 1 atom stereocenters. The van der Waals surface area contributed by atoms with Gasteiger partial charge in [0.25, 0.3) is 0 Å². The highest BCUT2D eigenvalue weighted by atomic mass is 16.5. The van der Waals surface area contributed by atoms with E-state index in [0.717, 1.165) is 11.3 Å².